The minimum atomic E-state index is -0.0264. The second-order valence-corrected chi connectivity index (χ2v) is 7.91. The molecule has 2 aromatic carbocycles. The van der Waals surface area contributed by atoms with Crippen LogP contribution in [0.1, 0.15) is 42.1 Å². The van der Waals surface area contributed by atoms with E-state index in [-0.39, 0.29) is 11.9 Å². The molecule has 1 amide bonds. The molecule has 0 saturated carbocycles. The summed E-state index contributed by atoms with van der Waals surface area (Å²) in [5.41, 5.74) is 3.73. The Morgan fingerprint density at radius 3 is 2.79 bits per heavy atom. The quantitative estimate of drug-likeness (QED) is 0.671. The lowest BCUT2D eigenvalue weighted by atomic mass is 9.95. The number of rotatable bonds is 5. The average Bonchev–Trinajstić information content (AvgIpc) is 3.16. The number of aromatic nitrogens is 2. The third kappa shape index (κ3) is 4.27. The number of anilines is 1. The summed E-state index contributed by atoms with van der Waals surface area (Å²) in [5.74, 6) is 1.06. The monoisotopic (exact) mass is 410 g/mol. The molecule has 0 spiro atoms. The Bertz CT molecular complexity index is 1010. The van der Waals surface area contributed by atoms with Crippen LogP contribution < -0.4 is 10.2 Å². The molecule has 29 heavy (non-hydrogen) atoms. The summed E-state index contributed by atoms with van der Waals surface area (Å²) < 4.78 is 5.48. The molecule has 0 saturated heterocycles. The fraction of sp³-hybridized carbons (Fsp3) is 0.318. The van der Waals surface area contributed by atoms with Crippen LogP contribution in [0.4, 0.5) is 5.69 Å². The lowest BCUT2D eigenvalue weighted by Crippen LogP contribution is -2.34. The van der Waals surface area contributed by atoms with Crippen LogP contribution in [0.5, 0.6) is 0 Å². The predicted octanol–water partition coefficient (Wildman–Crippen LogP) is 4.48. The van der Waals surface area contributed by atoms with Gasteiger partial charge in [0.2, 0.25) is 11.7 Å². The Balaban J connectivity index is 1.56. The number of benzene rings is 2. The Hall–Kier alpha value is -2.86. The molecule has 0 bridgehead atoms. The van der Waals surface area contributed by atoms with Crippen molar-refractivity contribution in [2.45, 2.75) is 39.3 Å². The van der Waals surface area contributed by atoms with Crippen molar-refractivity contribution in [3.05, 3.63) is 64.5 Å². The number of amides is 1. The van der Waals surface area contributed by atoms with E-state index in [1.165, 1.54) is 0 Å². The van der Waals surface area contributed by atoms with Gasteiger partial charge in [0.05, 0.1) is 6.54 Å². The van der Waals surface area contributed by atoms with Crippen molar-refractivity contribution < 1.29 is 9.32 Å². The highest BCUT2D eigenvalue weighted by atomic mass is 35.5. The van der Waals surface area contributed by atoms with Gasteiger partial charge in [0.1, 0.15) is 0 Å². The highest BCUT2D eigenvalue weighted by Gasteiger charge is 2.24. The van der Waals surface area contributed by atoms with E-state index in [1.807, 2.05) is 38.1 Å². The average molecular weight is 411 g/mol. The van der Waals surface area contributed by atoms with E-state index in [0.717, 1.165) is 41.8 Å². The normalized spacial score (nSPS) is 13.4. The van der Waals surface area contributed by atoms with Crippen LogP contribution in [0.3, 0.4) is 0 Å². The zero-order chi connectivity index (χ0) is 20.4. The maximum Gasteiger partial charge on any atom is 0.251 e. The van der Waals surface area contributed by atoms with Crippen LogP contribution in [-0.2, 0) is 13.0 Å². The van der Waals surface area contributed by atoms with Crippen LogP contribution in [0, 0.1) is 0 Å². The van der Waals surface area contributed by atoms with E-state index in [9.17, 15) is 4.79 Å². The van der Waals surface area contributed by atoms with E-state index >= 15 is 0 Å². The maximum atomic E-state index is 12.6. The molecule has 1 aliphatic rings. The van der Waals surface area contributed by atoms with Gasteiger partial charge in [-0.15, -0.1) is 0 Å². The summed E-state index contributed by atoms with van der Waals surface area (Å²) in [5, 5.41) is 7.75. The molecule has 4 rings (SSSR count). The standard InChI is InChI=1S/C22H23ClN4O2/c1-14(2)24-22(28)18-5-3-7-19-17(18)6-4-12-27(19)13-20-25-21(26-29-20)15-8-10-16(23)11-9-15/h3,5,7-11,14H,4,6,12-13H2,1-2H3,(H,24,28). The molecule has 2 heterocycles. The molecular weight excluding hydrogens is 388 g/mol. The SMILES string of the molecule is CC(C)NC(=O)c1cccc2c1CCCN2Cc1nc(-c2ccc(Cl)cc2)no1. The molecule has 0 fully saturated rings. The van der Waals surface area contributed by atoms with Gasteiger partial charge in [-0.05, 0) is 68.7 Å². The van der Waals surface area contributed by atoms with Gasteiger partial charge in [0, 0.05) is 34.4 Å². The van der Waals surface area contributed by atoms with Crippen molar-refractivity contribution in [1.82, 2.24) is 15.5 Å². The largest absolute Gasteiger partial charge is 0.362 e. The van der Waals surface area contributed by atoms with Gasteiger partial charge in [-0.1, -0.05) is 22.8 Å². The number of carbonyl (C=O) groups is 1. The summed E-state index contributed by atoms with van der Waals surface area (Å²) in [6, 6.07) is 13.3. The van der Waals surface area contributed by atoms with Crippen molar-refractivity contribution in [3.63, 3.8) is 0 Å². The van der Waals surface area contributed by atoms with Gasteiger partial charge in [-0.2, -0.15) is 4.98 Å². The van der Waals surface area contributed by atoms with Gasteiger partial charge in [-0.3, -0.25) is 4.79 Å². The molecule has 0 unspecified atom stereocenters. The number of nitrogens with zero attached hydrogens (tertiary/aromatic N) is 3. The summed E-state index contributed by atoms with van der Waals surface area (Å²) in [7, 11) is 0. The first-order valence-corrected chi connectivity index (χ1v) is 10.2. The smallest absolute Gasteiger partial charge is 0.251 e. The molecule has 1 aromatic heterocycles. The number of fused-ring (bicyclic) bond motifs is 1. The minimum absolute atomic E-state index is 0.0264. The van der Waals surface area contributed by atoms with Crippen LogP contribution >= 0.6 is 11.6 Å². The summed E-state index contributed by atoms with van der Waals surface area (Å²) in [4.78, 5) is 19.3. The fourth-order valence-corrected chi connectivity index (χ4v) is 3.74. The zero-order valence-corrected chi connectivity index (χ0v) is 17.2. The van der Waals surface area contributed by atoms with Crippen molar-refractivity contribution in [1.29, 1.82) is 0 Å². The molecule has 6 nitrogen and oxygen atoms in total. The topological polar surface area (TPSA) is 71.3 Å². The number of hydrogen-bond acceptors (Lipinski definition) is 5. The lowest BCUT2D eigenvalue weighted by molar-refractivity contribution is 0.0942. The van der Waals surface area contributed by atoms with Crippen molar-refractivity contribution in [2.24, 2.45) is 0 Å². The lowest BCUT2D eigenvalue weighted by Gasteiger charge is -2.31. The highest BCUT2D eigenvalue weighted by molar-refractivity contribution is 6.30. The van der Waals surface area contributed by atoms with E-state index in [1.54, 1.807) is 12.1 Å². The van der Waals surface area contributed by atoms with Crippen molar-refractivity contribution in [2.75, 3.05) is 11.4 Å². The van der Waals surface area contributed by atoms with Crippen LogP contribution in [-0.4, -0.2) is 28.6 Å². The Kier molecular flexibility index (Phi) is 5.53. The van der Waals surface area contributed by atoms with Gasteiger partial charge in [0.25, 0.3) is 5.91 Å². The number of carbonyl (C=O) groups excluding carboxylic acids is 1. The summed E-state index contributed by atoms with van der Waals surface area (Å²) >= 11 is 5.94. The number of halogens is 1. The molecule has 0 aliphatic carbocycles. The molecule has 0 radical (unpaired) electrons. The van der Waals surface area contributed by atoms with Gasteiger partial charge in [-0.25, -0.2) is 0 Å². The maximum absolute atomic E-state index is 12.6. The third-order valence-electron chi connectivity index (χ3n) is 4.91. The van der Waals surface area contributed by atoms with Crippen LogP contribution in [0.15, 0.2) is 47.0 Å². The van der Waals surface area contributed by atoms with Crippen LogP contribution in [0.25, 0.3) is 11.4 Å². The first kappa shape index (κ1) is 19.5. The van der Waals surface area contributed by atoms with Crippen molar-refractivity contribution >= 4 is 23.2 Å². The van der Waals surface area contributed by atoms with Gasteiger partial charge in [0.15, 0.2) is 0 Å². The van der Waals surface area contributed by atoms with Gasteiger partial charge >= 0.3 is 0 Å². The third-order valence-corrected chi connectivity index (χ3v) is 5.16. The first-order chi connectivity index (χ1) is 14.0. The van der Waals surface area contributed by atoms with E-state index in [2.05, 4.69) is 26.4 Å². The van der Waals surface area contributed by atoms with Crippen molar-refractivity contribution in [3.8, 4) is 11.4 Å². The predicted molar refractivity (Wildman–Crippen MR) is 113 cm³/mol. The van der Waals surface area contributed by atoms with Crippen LogP contribution in [0.2, 0.25) is 5.02 Å². The Morgan fingerprint density at radius 2 is 2.03 bits per heavy atom. The summed E-state index contributed by atoms with van der Waals surface area (Å²) in [6.07, 6.45) is 1.85. The van der Waals surface area contributed by atoms with Gasteiger partial charge < -0.3 is 14.7 Å². The number of nitrogens with one attached hydrogen (secondary N) is 1. The van der Waals surface area contributed by atoms with E-state index < -0.39 is 0 Å². The highest BCUT2D eigenvalue weighted by Crippen LogP contribution is 2.31. The Labute approximate surface area is 174 Å². The zero-order valence-electron chi connectivity index (χ0n) is 16.5. The first-order valence-electron chi connectivity index (χ1n) is 9.77. The molecule has 150 valence electrons. The summed E-state index contributed by atoms with van der Waals surface area (Å²) in [6.45, 7) is 5.31. The molecule has 3 aromatic rings. The molecular formula is C22H23ClN4O2. The molecule has 7 heteroatoms. The van der Waals surface area contributed by atoms with E-state index in [0.29, 0.717) is 23.3 Å². The Morgan fingerprint density at radius 1 is 1.24 bits per heavy atom. The molecule has 1 aliphatic heterocycles. The number of hydrogen-bond donors (Lipinski definition) is 1. The fourth-order valence-electron chi connectivity index (χ4n) is 3.62. The molecule has 0 atom stereocenters. The second kappa shape index (κ2) is 8.25. The second-order valence-electron chi connectivity index (χ2n) is 7.48. The minimum Gasteiger partial charge on any atom is -0.362 e. The molecule has 1 N–H and O–H groups in total. The van der Waals surface area contributed by atoms with E-state index in [4.69, 9.17) is 16.1 Å².